The average Bonchev–Trinajstić information content (AvgIpc) is 2.28. The van der Waals surface area contributed by atoms with Gasteiger partial charge in [0.05, 0.1) is 5.02 Å². The second-order valence-electron chi connectivity index (χ2n) is 3.60. The lowest BCUT2D eigenvalue weighted by molar-refractivity contribution is 0.914. The van der Waals surface area contributed by atoms with Crippen LogP contribution in [0.2, 0.25) is 10.0 Å². The van der Waals surface area contributed by atoms with Gasteiger partial charge in [-0.2, -0.15) is 0 Å². The minimum absolute atomic E-state index is 0.673. The third kappa shape index (κ3) is 3.22. The number of aryl methyl sites for hydroxylation is 2. The van der Waals surface area contributed by atoms with Crippen LogP contribution in [0, 0.1) is 0 Å². The number of halogens is 2. The Hall–Kier alpha value is -1.05. The minimum Gasteiger partial charge on any atom is -0.260 e. The van der Waals surface area contributed by atoms with E-state index >= 15 is 0 Å². The quantitative estimate of drug-likeness (QED) is 0.798. The van der Waals surface area contributed by atoms with Gasteiger partial charge in [-0.15, -0.1) is 0 Å². The van der Waals surface area contributed by atoms with E-state index in [9.17, 15) is 0 Å². The maximum Gasteiger partial charge on any atom is 0.0589 e. The van der Waals surface area contributed by atoms with E-state index in [-0.39, 0.29) is 0 Å². The van der Waals surface area contributed by atoms with E-state index < -0.39 is 0 Å². The van der Waals surface area contributed by atoms with Crippen LogP contribution in [-0.4, -0.2) is 4.98 Å². The van der Waals surface area contributed by atoms with Gasteiger partial charge in [-0.25, -0.2) is 0 Å². The molecule has 1 heterocycles. The van der Waals surface area contributed by atoms with Gasteiger partial charge < -0.3 is 0 Å². The summed E-state index contributed by atoms with van der Waals surface area (Å²) in [5.41, 5.74) is 2.27. The van der Waals surface area contributed by atoms with E-state index in [1.165, 1.54) is 5.56 Å². The molecule has 0 saturated heterocycles. The van der Waals surface area contributed by atoms with Crippen molar-refractivity contribution in [1.29, 1.82) is 0 Å². The van der Waals surface area contributed by atoms with Crippen molar-refractivity contribution in [3.05, 3.63) is 63.9 Å². The van der Waals surface area contributed by atoms with Crippen molar-refractivity contribution in [3.8, 4) is 0 Å². The van der Waals surface area contributed by atoms with Gasteiger partial charge in [-0.05, 0) is 42.7 Å². The highest BCUT2D eigenvalue weighted by atomic mass is 35.5. The monoisotopic (exact) mass is 251 g/mol. The molecule has 1 aromatic heterocycles. The highest BCUT2D eigenvalue weighted by Crippen LogP contribution is 2.13. The summed E-state index contributed by atoms with van der Waals surface area (Å²) in [6, 6.07) is 11.7. The van der Waals surface area contributed by atoms with Gasteiger partial charge in [0.15, 0.2) is 0 Å². The summed E-state index contributed by atoms with van der Waals surface area (Å²) in [4.78, 5) is 4.25. The number of hydrogen-bond donors (Lipinski definition) is 0. The summed E-state index contributed by atoms with van der Waals surface area (Å²) in [7, 11) is 0. The number of aromatic nitrogens is 1. The van der Waals surface area contributed by atoms with E-state index in [4.69, 9.17) is 23.2 Å². The van der Waals surface area contributed by atoms with Crippen LogP contribution in [0.1, 0.15) is 11.3 Å². The summed E-state index contributed by atoms with van der Waals surface area (Å²) in [6.45, 7) is 0. The van der Waals surface area contributed by atoms with Crippen molar-refractivity contribution in [2.45, 2.75) is 12.8 Å². The Labute approximate surface area is 105 Å². The Morgan fingerprint density at radius 1 is 0.938 bits per heavy atom. The fraction of sp³-hybridized carbons (Fsp3) is 0.154. The van der Waals surface area contributed by atoms with Gasteiger partial charge >= 0.3 is 0 Å². The molecular weight excluding hydrogens is 241 g/mol. The summed E-state index contributed by atoms with van der Waals surface area (Å²) in [6.07, 6.45) is 3.52. The van der Waals surface area contributed by atoms with Gasteiger partial charge in [0.2, 0.25) is 0 Å². The predicted molar refractivity (Wildman–Crippen MR) is 68.1 cm³/mol. The molecular formula is C13H11Cl2N. The lowest BCUT2D eigenvalue weighted by Crippen LogP contribution is -1.93. The number of benzene rings is 1. The molecule has 0 radical (unpaired) electrons. The maximum absolute atomic E-state index is 5.91. The molecule has 3 heteroatoms. The molecule has 1 nitrogen and oxygen atoms in total. The van der Waals surface area contributed by atoms with Crippen LogP contribution in [0.5, 0.6) is 0 Å². The third-order valence-electron chi connectivity index (χ3n) is 2.35. The molecule has 16 heavy (non-hydrogen) atoms. The molecule has 0 N–H and O–H groups in total. The van der Waals surface area contributed by atoms with E-state index in [0.29, 0.717) is 5.02 Å². The molecule has 0 saturated carbocycles. The lowest BCUT2D eigenvalue weighted by Gasteiger charge is -2.02. The summed E-state index contributed by atoms with van der Waals surface area (Å²) in [5, 5.41) is 1.45. The number of pyridine rings is 1. The van der Waals surface area contributed by atoms with Crippen LogP contribution in [-0.2, 0) is 12.8 Å². The van der Waals surface area contributed by atoms with Crippen molar-refractivity contribution in [2.75, 3.05) is 0 Å². The first-order valence-electron chi connectivity index (χ1n) is 5.09. The number of rotatable bonds is 3. The first-order chi connectivity index (χ1) is 7.74. The minimum atomic E-state index is 0.673. The molecule has 0 amide bonds. The zero-order valence-corrected chi connectivity index (χ0v) is 10.2. The van der Waals surface area contributed by atoms with Gasteiger partial charge in [-0.3, -0.25) is 4.98 Å². The molecule has 0 bridgehead atoms. The molecule has 0 aliphatic rings. The molecule has 0 aliphatic heterocycles. The summed E-state index contributed by atoms with van der Waals surface area (Å²) >= 11 is 11.7. The summed E-state index contributed by atoms with van der Waals surface area (Å²) < 4.78 is 0. The Kier molecular flexibility index (Phi) is 3.81. The van der Waals surface area contributed by atoms with Gasteiger partial charge in [0.25, 0.3) is 0 Å². The predicted octanol–water partition coefficient (Wildman–Crippen LogP) is 4.17. The standard InChI is InChI=1S/C13H11Cl2N/c14-11-3-1-2-10(8-11)4-6-13-7-5-12(15)9-16-13/h1-3,5,7-9H,4,6H2. The van der Waals surface area contributed by atoms with Crippen molar-refractivity contribution in [3.63, 3.8) is 0 Å². The van der Waals surface area contributed by atoms with Crippen LogP contribution >= 0.6 is 23.2 Å². The van der Waals surface area contributed by atoms with E-state index in [0.717, 1.165) is 23.6 Å². The third-order valence-corrected chi connectivity index (χ3v) is 2.81. The first-order valence-corrected chi connectivity index (χ1v) is 5.84. The van der Waals surface area contributed by atoms with E-state index in [1.54, 1.807) is 6.20 Å². The fourth-order valence-corrected chi connectivity index (χ4v) is 1.84. The Morgan fingerprint density at radius 2 is 1.81 bits per heavy atom. The smallest absolute Gasteiger partial charge is 0.0589 e. The lowest BCUT2D eigenvalue weighted by atomic mass is 10.1. The zero-order valence-electron chi connectivity index (χ0n) is 8.66. The van der Waals surface area contributed by atoms with Crippen molar-refractivity contribution >= 4 is 23.2 Å². The van der Waals surface area contributed by atoms with Crippen LogP contribution in [0.25, 0.3) is 0 Å². The molecule has 0 aliphatic carbocycles. The molecule has 0 spiro atoms. The van der Waals surface area contributed by atoms with E-state index in [1.807, 2.05) is 30.3 Å². The first kappa shape index (κ1) is 11.4. The Balaban J connectivity index is 1.99. The Bertz CT molecular complexity index is 466. The van der Waals surface area contributed by atoms with Gasteiger partial charge in [0.1, 0.15) is 0 Å². The van der Waals surface area contributed by atoms with Crippen LogP contribution < -0.4 is 0 Å². The van der Waals surface area contributed by atoms with Gasteiger partial charge in [-0.1, -0.05) is 35.3 Å². The highest BCUT2D eigenvalue weighted by molar-refractivity contribution is 6.30. The topological polar surface area (TPSA) is 12.9 Å². The molecule has 0 unspecified atom stereocenters. The van der Waals surface area contributed by atoms with Crippen molar-refractivity contribution in [2.24, 2.45) is 0 Å². The SMILES string of the molecule is Clc1ccc(CCc2cccc(Cl)c2)nc1. The van der Waals surface area contributed by atoms with Crippen LogP contribution in [0.4, 0.5) is 0 Å². The molecule has 1 aromatic carbocycles. The van der Waals surface area contributed by atoms with Crippen molar-refractivity contribution in [1.82, 2.24) is 4.98 Å². The second-order valence-corrected chi connectivity index (χ2v) is 4.47. The largest absolute Gasteiger partial charge is 0.260 e. The van der Waals surface area contributed by atoms with E-state index in [2.05, 4.69) is 11.1 Å². The fourth-order valence-electron chi connectivity index (χ4n) is 1.52. The second kappa shape index (κ2) is 5.33. The summed E-state index contributed by atoms with van der Waals surface area (Å²) in [5.74, 6) is 0. The average molecular weight is 252 g/mol. The van der Waals surface area contributed by atoms with Crippen LogP contribution in [0.15, 0.2) is 42.6 Å². The number of hydrogen-bond acceptors (Lipinski definition) is 1. The van der Waals surface area contributed by atoms with Gasteiger partial charge in [0, 0.05) is 16.9 Å². The van der Waals surface area contributed by atoms with Crippen LogP contribution in [0.3, 0.4) is 0 Å². The molecule has 2 aromatic rings. The molecule has 0 atom stereocenters. The molecule has 0 fully saturated rings. The zero-order chi connectivity index (χ0) is 11.4. The highest BCUT2D eigenvalue weighted by Gasteiger charge is 1.98. The molecule has 82 valence electrons. The maximum atomic E-state index is 5.91. The Morgan fingerprint density at radius 3 is 2.50 bits per heavy atom. The van der Waals surface area contributed by atoms with Crippen molar-refractivity contribution < 1.29 is 0 Å². The molecule has 2 rings (SSSR count). The number of nitrogens with zero attached hydrogens (tertiary/aromatic N) is 1. The normalized spacial score (nSPS) is 10.4.